The number of carbonyl (C=O) groups excluding carboxylic acids is 1. The highest BCUT2D eigenvalue weighted by Crippen LogP contribution is 2.10. The standard InChI is InChI=1S/C13H27N3O/c1-4-14-12-5-8-16(9-6-12)10-7-13(17)15-11(2)3/h11-12,14H,4-10H2,1-3H3,(H,15,17). The third-order valence-corrected chi connectivity index (χ3v) is 3.19. The molecular weight excluding hydrogens is 214 g/mol. The minimum atomic E-state index is 0.175. The predicted molar refractivity (Wildman–Crippen MR) is 71.0 cm³/mol. The molecule has 100 valence electrons. The van der Waals surface area contributed by atoms with Crippen molar-refractivity contribution in [2.24, 2.45) is 0 Å². The van der Waals surface area contributed by atoms with Crippen LogP contribution in [-0.4, -0.2) is 49.1 Å². The van der Waals surface area contributed by atoms with Gasteiger partial charge in [0.2, 0.25) is 5.91 Å². The minimum Gasteiger partial charge on any atom is -0.354 e. The van der Waals surface area contributed by atoms with Gasteiger partial charge in [-0.15, -0.1) is 0 Å². The molecule has 0 bridgehead atoms. The second kappa shape index (κ2) is 7.67. The molecule has 1 rings (SSSR count). The van der Waals surface area contributed by atoms with Crippen LogP contribution in [0, 0.1) is 0 Å². The van der Waals surface area contributed by atoms with E-state index in [1.54, 1.807) is 0 Å². The van der Waals surface area contributed by atoms with Crippen molar-refractivity contribution in [2.75, 3.05) is 26.2 Å². The largest absolute Gasteiger partial charge is 0.354 e. The summed E-state index contributed by atoms with van der Waals surface area (Å²) >= 11 is 0. The summed E-state index contributed by atoms with van der Waals surface area (Å²) in [5, 5.41) is 6.42. The third kappa shape index (κ3) is 6.03. The fraction of sp³-hybridized carbons (Fsp3) is 0.923. The van der Waals surface area contributed by atoms with Crippen molar-refractivity contribution in [2.45, 2.75) is 52.1 Å². The van der Waals surface area contributed by atoms with Gasteiger partial charge in [0.1, 0.15) is 0 Å². The molecular formula is C13H27N3O. The molecule has 17 heavy (non-hydrogen) atoms. The second-order valence-electron chi connectivity index (χ2n) is 5.15. The van der Waals surface area contributed by atoms with Crippen molar-refractivity contribution in [1.29, 1.82) is 0 Å². The van der Waals surface area contributed by atoms with Gasteiger partial charge in [0.05, 0.1) is 0 Å². The van der Waals surface area contributed by atoms with Crippen molar-refractivity contribution in [3.8, 4) is 0 Å². The molecule has 1 fully saturated rings. The van der Waals surface area contributed by atoms with Crippen LogP contribution in [0.4, 0.5) is 0 Å². The fourth-order valence-electron chi connectivity index (χ4n) is 2.30. The quantitative estimate of drug-likeness (QED) is 0.728. The van der Waals surface area contributed by atoms with Crippen LogP contribution in [0.15, 0.2) is 0 Å². The molecule has 1 amide bonds. The van der Waals surface area contributed by atoms with Gasteiger partial charge in [-0.05, 0) is 46.3 Å². The zero-order chi connectivity index (χ0) is 12.7. The van der Waals surface area contributed by atoms with Gasteiger partial charge in [-0.25, -0.2) is 0 Å². The summed E-state index contributed by atoms with van der Waals surface area (Å²) in [6, 6.07) is 0.933. The van der Waals surface area contributed by atoms with Crippen molar-refractivity contribution in [3.63, 3.8) is 0 Å². The van der Waals surface area contributed by atoms with Crippen LogP contribution < -0.4 is 10.6 Å². The molecule has 4 heteroatoms. The molecule has 1 heterocycles. The molecule has 0 unspecified atom stereocenters. The lowest BCUT2D eigenvalue weighted by Gasteiger charge is -2.32. The molecule has 0 aliphatic carbocycles. The lowest BCUT2D eigenvalue weighted by Crippen LogP contribution is -2.43. The number of likely N-dealkylation sites (tertiary alicyclic amines) is 1. The number of amides is 1. The van der Waals surface area contributed by atoms with E-state index in [1.165, 1.54) is 12.8 Å². The molecule has 0 saturated carbocycles. The van der Waals surface area contributed by atoms with Crippen molar-refractivity contribution < 1.29 is 4.79 Å². The Bertz CT molecular complexity index is 223. The predicted octanol–water partition coefficient (Wildman–Crippen LogP) is 0.975. The van der Waals surface area contributed by atoms with E-state index in [0.717, 1.165) is 26.2 Å². The van der Waals surface area contributed by atoms with Crippen molar-refractivity contribution in [1.82, 2.24) is 15.5 Å². The van der Waals surface area contributed by atoms with Crippen LogP contribution in [0.3, 0.4) is 0 Å². The molecule has 1 saturated heterocycles. The van der Waals surface area contributed by atoms with Gasteiger partial charge in [0.25, 0.3) is 0 Å². The van der Waals surface area contributed by atoms with E-state index in [-0.39, 0.29) is 11.9 Å². The van der Waals surface area contributed by atoms with Gasteiger partial charge in [-0.3, -0.25) is 4.79 Å². The second-order valence-corrected chi connectivity index (χ2v) is 5.15. The molecule has 0 aromatic rings. The normalized spacial score (nSPS) is 18.6. The molecule has 0 spiro atoms. The van der Waals surface area contributed by atoms with Crippen LogP contribution >= 0.6 is 0 Å². The van der Waals surface area contributed by atoms with Crippen LogP contribution in [-0.2, 0) is 4.79 Å². The lowest BCUT2D eigenvalue weighted by atomic mass is 10.0. The first-order valence-corrected chi connectivity index (χ1v) is 6.87. The number of hydrogen-bond acceptors (Lipinski definition) is 3. The first kappa shape index (κ1) is 14.5. The van der Waals surface area contributed by atoms with Crippen molar-refractivity contribution in [3.05, 3.63) is 0 Å². The molecule has 0 atom stereocenters. The van der Waals surface area contributed by atoms with Crippen LogP contribution in [0.5, 0.6) is 0 Å². The van der Waals surface area contributed by atoms with Crippen molar-refractivity contribution >= 4 is 5.91 Å². The minimum absolute atomic E-state index is 0.175. The smallest absolute Gasteiger partial charge is 0.221 e. The van der Waals surface area contributed by atoms with Gasteiger partial charge in [0, 0.05) is 25.0 Å². The Morgan fingerprint density at radius 2 is 2.00 bits per heavy atom. The number of hydrogen-bond donors (Lipinski definition) is 2. The summed E-state index contributed by atoms with van der Waals surface area (Å²) in [4.78, 5) is 13.9. The number of nitrogens with one attached hydrogen (secondary N) is 2. The maximum absolute atomic E-state index is 11.5. The average Bonchev–Trinajstić information content (AvgIpc) is 2.28. The SMILES string of the molecule is CCNC1CCN(CCC(=O)NC(C)C)CC1. The molecule has 0 radical (unpaired) electrons. The highest BCUT2D eigenvalue weighted by molar-refractivity contribution is 5.76. The Kier molecular flexibility index (Phi) is 6.52. The first-order chi connectivity index (χ1) is 8.11. The monoisotopic (exact) mass is 241 g/mol. The van der Waals surface area contributed by atoms with Crippen LogP contribution in [0.25, 0.3) is 0 Å². The number of piperidine rings is 1. The summed E-state index contributed by atoms with van der Waals surface area (Å²) in [7, 11) is 0. The topological polar surface area (TPSA) is 44.4 Å². The van der Waals surface area contributed by atoms with E-state index in [2.05, 4.69) is 22.5 Å². The maximum Gasteiger partial charge on any atom is 0.221 e. The number of carbonyl (C=O) groups is 1. The zero-order valence-corrected chi connectivity index (χ0v) is 11.5. The van der Waals surface area contributed by atoms with E-state index in [9.17, 15) is 4.79 Å². The molecule has 2 N–H and O–H groups in total. The molecule has 0 aromatic heterocycles. The summed E-state index contributed by atoms with van der Waals surface area (Å²) in [6.45, 7) is 10.3. The van der Waals surface area contributed by atoms with Gasteiger partial charge >= 0.3 is 0 Å². The van der Waals surface area contributed by atoms with Gasteiger partial charge < -0.3 is 15.5 Å². The zero-order valence-electron chi connectivity index (χ0n) is 11.5. The summed E-state index contributed by atoms with van der Waals surface area (Å²) in [6.07, 6.45) is 3.04. The van der Waals surface area contributed by atoms with Gasteiger partial charge in [-0.2, -0.15) is 0 Å². The summed E-state index contributed by atoms with van der Waals surface area (Å²) < 4.78 is 0. The van der Waals surface area contributed by atoms with Crippen LogP contribution in [0.2, 0.25) is 0 Å². The molecule has 0 aromatic carbocycles. The number of nitrogens with zero attached hydrogens (tertiary/aromatic N) is 1. The van der Waals surface area contributed by atoms with E-state index < -0.39 is 0 Å². The number of rotatable bonds is 6. The Labute approximate surface area is 105 Å². The highest BCUT2D eigenvalue weighted by atomic mass is 16.1. The first-order valence-electron chi connectivity index (χ1n) is 6.87. The maximum atomic E-state index is 11.5. The van der Waals surface area contributed by atoms with Crippen LogP contribution in [0.1, 0.15) is 40.0 Å². The lowest BCUT2D eigenvalue weighted by molar-refractivity contribution is -0.121. The van der Waals surface area contributed by atoms with E-state index in [4.69, 9.17) is 0 Å². The van der Waals surface area contributed by atoms with E-state index in [1.807, 2.05) is 13.8 Å². The highest BCUT2D eigenvalue weighted by Gasteiger charge is 2.18. The molecule has 4 nitrogen and oxygen atoms in total. The fourth-order valence-corrected chi connectivity index (χ4v) is 2.30. The Balaban J connectivity index is 2.11. The molecule has 1 aliphatic rings. The Morgan fingerprint density at radius 1 is 1.35 bits per heavy atom. The summed E-state index contributed by atoms with van der Waals surface area (Å²) in [5.41, 5.74) is 0. The van der Waals surface area contributed by atoms with E-state index in [0.29, 0.717) is 12.5 Å². The van der Waals surface area contributed by atoms with Gasteiger partial charge in [0.15, 0.2) is 0 Å². The third-order valence-electron chi connectivity index (χ3n) is 3.19. The van der Waals surface area contributed by atoms with E-state index >= 15 is 0 Å². The average molecular weight is 241 g/mol. The molecule has 1 aliphatic heterocycles. The Hall–Kier alpha value is -0.610. The summed E-state index contributed by atoms with van der Waals surface area (Å²) in [5.74, 6) is 0.175. The Morgan fingerprint density at radius 3 is 2.53 bits per heavy atom. The van der Waals surface area contributed by atoms with Gasteiger partial charge in [-0.1, -0.05) is 6.92 Å².